The molecule has 0 unspecified atom stereocenters. The maximum absolute atomic E-state index is 13.1. The van der Waals surface area contributed by atoms with Crippen LogP contribution in [0.15, 0.2) is 42.5 Å². The van der Waals surface area contributed by atoms with Crippen LogP contribution in [0.5, 0.6) is 0 Å². The van der Waals surface area contributed by atoms with Crippen molar-refractivity contribution in [1.82, 2.24) is 9.78 Å². The quantitative estimate of drug-likeness (QED) is 0.593. The lowest BCUT2D eigenvalue weighted by Gasteiger charge is -2.10. The molecule has 0 amide bonds. The first-order valence-electron chi connectivity index (χ1n) is 8.29. The zero-order chi connectivity index (χ0) is 19.2. The highest BCUT2D eigenvalue weighted by Crippen LogP contribution is 2.34. The van der Waals surface area contributed by atoms with E-state index in [1.807, 2.05) is 6.07 Å². The van der Waals surface area contributed by atoms with Crippen LogP contribution in [0.25, 0.3) is 5.69 Å². The lowest BCUT2D eigenvalue weighted by molar-refractivity contribution is -0.137. The highest BCUT2D eigenvalue weighted by atomic mass is 35.5. The average Bonchev–Trinajstić information content (AvgIpc) is 3.20. The molecule has 0 aliphatic carbocycles. The zero-order valence-corrected chi connectivity index (χ0v) is 15.5. The topological polar surface area (TPSA) is 29.9 Å². The summed E-state index contributed by atoms with van der Waals surface area (Å²) in [5.74, 6) is 0.731. The van der Waals surface area contributed by atoms with Gasteiger partial charge in [-0.15, -0.1) is 0 Å². The van der Waals surface area contributed by atoms with Gasteiger partial charge in [-0.3, -0.25) is 0 Å². The van der Waals surface area contributed by atoms with Crippen LogP contribution in [-0.4, -0.2) is 16.3 Å². The summed E-state index contributed by atoms with van der Waals surface area (Å²) in [4.78, 5) is 0. The number of rotatable bonds is 3. The molecule has 1 aromatic heterocycles. The predicted octanol–water partition coefficient (Wildman–Crippen LogP) is 5.76. The molecule has 3 aromatic rings. The second-order valence-electron chi connectivity index (χ2n) is 6.32. The molecule has 1 N–H and O–H groups in total. The Kier molecular flexibility index (Phi) is 4.56. The number of alkyl halides is 3. The molecule has 0 radical (unpaired) electrons. The van der Waals surface area contributed by atoms with Gasteiger partial charge in [-0.2, -0.15) is 18.3 Å². The van der Waals surface area contributed by atoms with Gasteiger partial charge in [0, 0.05) is 28.6 Å². The second-order valence-corrected chi connectivity index (χ2v) is 7.17. The Morgan fingerprint density at radius 1 is 1.11 bits per heavy atom. The zero-order valence-electron chi connectivity index (χ0n) is 13.9. The number of fused-ring (bicyclic) bond motifs is 1. The van der Waals surface area contributed by atoms with Gasteiger partial charge < -0.3 is 5.32 Å². The van der Waals surface area contributed by atoms with Crippen LogP contribution < -0.4 is 5.32 Å². The molecule has 4 rings (SSSR count). The molecule has 0 spiro atoms. The predicted molar refractivity (Wildman–Crippen MR) is 100 cm³/mol. The van der Waals surface area contributed by atoms with Gasteiger partial charge in [-0.1, -0.05) is 35.3 Å². The molecule has 0 fully saturated rings. The third-order valence-corrected chi connectivity index (χ3v) is 5.11. The fourth-order valence-electron chi connectivity index (χ4n) is 3.23. The van der Waals surface area contributed by atoms with Crippen molar-refractivity contribution in [3.63, 3.8) is 0 Å². The summed E-state index contributed by atoms with van der Waals surface area (Å²) in [5, 5.41) is 8.88. The molecule has 2 heterocycles. The minimum atomic E-state index is -4.40. The molecule has 2 aromatic carbocycles. The van der Waals surface area contributed by atoms with Gasteiger partial charge in [0.1, 0.15) is 5.82 Å². The molecule has 1 aliphatic rings. The number of hydrogen-bond acceptors (Lipinski definition) is 2. The van der Waals surface area contributed by atoms with Crippen molar-refractivity contribution in [2.45, 2.75) is 19.0 Å². The summed E-state index contributed by atoms with van der Waals surface area (Å²) in [6, 6.07) is 10.4. The van der Waals surface area contributed by atoms with Gasteiger partial charge in [0.2, 0.25) is 0 Å². The van der Waals surface area contributed by atoms with E-state index in [1.54, 1.807) is 18.2 Å². The SMILES string of the molecule is FC(F)(F)c1cccc(-n2nc(Cc3ccc(Cl)cc3Cl)c3c2NCC3)c1. The lowest BCUT2D eigenvalue weighted by atomic mass is 10.1. The van der Waals surface area contributed by atoms with Crippen LogP contribution in [0.4, 0.5) is 19.0 Å². The minimum Gasteiger partial charge on any atom is -0.369 e. The molecule has 8 heteroatoms. The molecule has 0 saturated carbocycles. The fraction of sp³-hybridized carbons (Fsp3) is 0.211. The summed E-state index contributed by atoms with van der Waals surface area (Å²) in [6.07, 6.45) is -3.17. The summed E-state index contributed by atoms with van der Waals surface area (Å²) < 4.78 is 40.7. The Hall–Kier alpha value is -2.18. The number of nitrogens with zero attached hydrogens (tertiary/aromatic N) is 2. The van der Waals surface area contributed by atoms with Gasteiger partial charge >= 0.3 is 6.18 Å². The highest BCUT2D eigenvalue weighted by molar-refractivity contribution is 6.35. The van der Waals surface area contributed by atoms with Crippen LogP contribution in [0.1, 0.15) is 22.4 Å². The van der Waals surface area contributed by atoms with Crippen LogP contribution in [-0.2, 0) is 19.0 Å². The Morgan fingerprint density at radius 2 is 1.93 bits per heavy atom. The summed E-state index contributed by atoms with van der Waals surface area (Å²) in [5.41, 5.74) is 2.31. The molecular formula is C19H14Cl2F3N3. The number of aromatic nitrogens is 2. The van der Waals surface area contributed by atoms with Crippen molar-refractivity contribution in [2.24, 2.45) is 0 Å². The van der Waals surface area contributed by atoms with Crippen molar-refractivity contribution in [3.05, 3.63) is 74.9 Å². The summed E-state index contributed by atoms with van der Waals surface area (Å²) in [6.45, 7) is 0.716. The van der Waals surface area contributed by atoms with Gasteiger partial charge in [0.15, 0.2) is 0 Å². The third-order valence-electron chi connectivity index (χ3n) is 4.53. The highest BCUT2D eigenvalue weighted by Gasteiger charge is 2.31. The van der Waals surface area contributed by atoms with Gasteiger partial charge in [-0.05, 0) is 42.3 Å². The molecule has 0 saturated heterocycles. The molecule has 0 bridgehead atoms. The largest absolute Gasteiger partial charge is 0.416 e. The first-order valence-corrected chi connectivity index (χ1v) is 9.05. The first kappa shape index (κ1) is 18.2. The monoisotopic (exact) mass is 411 g/mol. The Bertz CT molecular complexity index is 1010. The van der Waals surface area contributed by atoms with E-state index in [0.29, 0.717) is 28.7 Å². The van der Waals surface area contributed by atoms with E-state index in [9.17, 15) is 13.2 Å². The van der Waals surface area contributed by atoms with Gasteiger partial charge in [-0.25, -0.2) is 4.68 Å². The van der Waals surface area contributed by atoms with E-state index in [4.69, 9.17) is 23.2 Å². The second kappa shape index (κ2) is 6.77. The van der Waals surface area contributed by atoms with Crippen LogP contribution in [0.2, 0.25) is 10.0 Å². The molecule has 27 heavy (non-hydrogen) atoms. The van der Waals surface area contributed by atoms with Crippen LogP contribution >= 0.6 is 23.2 Å². The van der Waals surface area contributed by atoms with Gasteiger partial charge in [0.05, 0.1) is 16.9 Å². The normalized spacial score (nSPS) is 13.5. The molecule has 3 nitrogen and oxygen atoms in total. The number of hydrogen-bond donors (Lipinski definition) is 1. The molecule has 1 aliphatic heterocycles. The number of nitrogens with one attached hydrogen (secondary N) is 1. The number of benzene rings is 2. The van der Waals surface area contributed by atoms with Crippen LogP contribution in [0.3, 0.4) is 0 Å². The molecular weight excluding hydrogens is 398 g/mol. The average molecular weight is 412 g/mol. The van der Waals surface area contributed by atoms with Gasteiger partial charge in [0.25, 0.3) is 0 Å². The van der Waals surface area contributed by atoms with Crippen molar-refractivity contribution in [3.8, 4) is 5.69 Å². The Morgan fingerprint density at radius 3 is 2.67 bits per heavy atom. The molecule has 0 atom stereocenters. The van der Waals surface area contributed by atoms with E-state index in [1.165, 1.54) is 10.7 Å². The Balaban J connectivity index is 1.75. The lowest BCUT2D eigenvalue weighted by Crippen LogP contribution is -2.08. The number of anilines is 1. The van der Waals surface area contributed by atoms with Crippen LogP contribution in [0, 0.1) is 0 Å². The maximum atomic E-state index is 13.1. The first-order chi connectivity index (χ1) is 12.8. The van der Waals surface area contributed by atoms with E-state index < -0.39 is 11.7 Å². The van der Waals surface area contributed by atoms with Crippen molar-refractivity contribution in [1.29, 1.82) is 0 Å². The summed E-state index contributed by atoms with van der Waals surface area (Å²) >= 11 is 12.2. The standard InChI is InChI=1S/C19H14Cl2F3N3/c20-13-5-4-11(16(21)10-13)8-17-15-6-7-25-18(15)27(26-17)14-3-1-2-12(9-14)19(22,23)24/h1-5,9-10,25H,6-8H2. The Labute approximate surface area is 163 Å². The minimum absolute atomic E-state index is 0.365. The van der Waals surface area contributed by atoms with Crippen molar-refractivity contribution in [2.75, 3.05) is 11.9 Å². The fourth-order valence-corrected chi connectivity index (χ4v) is 3.71. The van der Waals surface area contributed by atoms with E-state index in [2.05, 4.69) is 10.4 Å². The molecule has 140 valence electrons. The smallest absolute Gasteiger partial charge is 0.369 e. The summed E-state index contributed by atoms with van der Waals surface area (Å²) in [7, 11) is 0. The van der Waals surface area contributed by atoms with E-state index in [-0.39, 0.29) is 0 Å². The van der Waals surface area contributed by atoms with E-state index >= 15 is 0 Å². The maximum Gasteiger partial charge on any atom is 0.416 e. The van der Waals surface area contributed by atoms with Crippen molar-refractivity contribution < 1.29 is 13.2 Å². The van der Waals surface area contributed by atoms with E-state index in [0.717, 1.165) is 41.2 Å². The third kappa shape index (κ3) is 3.51. The van der Waals surface area contributed by atoms with Crippen molar-refractivity contribution >= 4 is 29.0 Å². The number of halogens is 5.